The van der Waals surface area contributed by atoms with Gasteiger partial charge in [0, 0.05) is 23.2 Å². The third-order valence-corrected chi connectivity index (χ3v) is 5.72. The minimum Gasteiger partial charge on any atom is -0.348 e. The zero-order valence-electron chi connectivity index (χ0n) is 15.1. The summed E-state index contributed by atoms with van der Waals surface area (Å²) in [6, 6.07) is 6.36. The van der Waals surface area contributed by atoms with Gasteiger partial charge < -0.3 is 10.6 Å². The van der Waals surface area contributed by atoms with Crippen molar-refractivity contribution in [3.05, 3.63) is 29.8 Å². The van der Waals surface area contributed by atoms with Crippen LogP contribution in [0.25, 0.3) is 0 Å². The molecule has 0 aliphatic carbocycles. The summed E-state index contributed by atoms with van der Waals surface area (Å²) in [7, 11) is -3.59. The van der Waals surface area contributed by atoms with E-state index in [1.165, 1.54) is 12.1 Å². The summed E-state index contributed by atoms with van der Waals surface area (Å²) < 4.78 is 27.1. The maximum absolute atomic E-state index is 12.3. The molecule has 6 nitrogen and oxygen atoms in total. The zero-order valence-corrected chi connectivity index (χ0v) is 16.8. The molecule has 2 unspecified atom stereocenters. The Morgan fingerprint density at radius 2 is 1.80 bits per heavy atom. The lowest BCUT2D eigenvalue weighted by atomic mass is 9.99. The van der Waals surface area contributed by atoms with Crippen LogP contribution in [0.15, 0.2) is 29.2 Å². The van der Waals surface area contributed by atoms with Crippen LogP contribution < -0.4 is 15.4 Å². The normalized spacial score (nSPS) is 21.3. The highest BCUT2D eigenvalue weighted by molar-refractivity contribution is 7.89. The minimum atomic E-state index is -3.59. The van der Waals surface area contributed by atoms with Crippen molar-refractivity contribution in [2.45, 2.75) is 63.1 Å². The van der Waals surface area contributed by atoms with Gasteiger partial charge in [0.15, 0.2) is 0 Å². The number of amides is 1. The Morgan fingerprint density at radius 1 is 1.20 bits per heavy atom. The Kier molecular flexibility index (Phi) is 7.43. The highest BCUT2D eigenvalue weighted by Crippen LogP contribution is 2.15. The lowest BCUT2D eigenvalue weighted by Gasteiger charge is -2.30. The smallest absolute Gasteiger partial charge is 0.251 e. The van der Waals surface area contributed by atoms with Crippen molar-refractivity contribution in [1.82, 2.24) is 15.4 Å². The van der Waals surface area contributed by atoms with Crippen LogP contribution >= 0.6 is 12.4 Å². The largest absolute Gasteiger partial charge is 0.348 e. The SMILES string of the molecule is CC1NCCCC1NC(=O)c1ccc(S(=O)(=O)NC(C)(C)C)cc1.Cl. The van der Waals surface area contributed by atoms with Gasteiger partial charge in [-0.05, 0) is 71.3 Å². The summed E-state index contributed by atoms with van der Waals surface area (Å²) in [6.07, 6.45) is 1.98. The van der Waals surface area contributed by atoms with Crippen LogP contribution in [-0.4, -0.2) is 38.5 Å². The molecule has 0 aromatic heterocycles. The van der Waals surface area contributed by atoms with Gasteiger partial charge in [0.25, 0.3) is 5.91 Å². The molecule has 0 spiro atoms. The van der Waals surface area contributed by atoms with E-state index in [4.69, 9.17) is 0 Å². The van der Waals surface area contributed by atoms with Crippen LogP contribution in [-0.2, 0) is 10.0 Å². The number of halogens is 1. The molecule has 0 bridgehead atoms. The predicted octanol–water partition coefficient (Wildman–Crippen LogP) is 2.06. The number of hydrogen-bond acceptors (Lipinski definition) is 4. The maximum Gasteiger partial charge on any atom is 0.251 e. The summed E-state index contributed by atoms with van der Waals surface area (Å²) >= 11 is 0. The average Bonchev–Trinajstić information content (AvgIpc) is 2.47. The molecular formula is C17H28ClN3O3S. The van der Waals surface area contributed by atoms with E-state index < -0.39 is 15.6 Å². The minimum absolute atomic E-state index is 0. The number of sulfonamides is 1. The molecule has 1 amide bonds. The molecule has 1 aliphatic rings. The summed E-state index contributed by atoms with van der Waals surface area (Å²) in [5.41, 5.74) is -0.0959. The number of benzene rings is 1. The van der Waals surface area contributed by atoms with Crippen LogP contribution in [0.5, 0.6) is 0 Å². The fraction of sp³-hybridized carbons (Fsp3) is 0.588. The second-order valence-corrected chi connectivity index (χ2v) is 9.03. The zero-order chi connectivity index (χ0) is 18.0. The first-order valence-electron chi connectivity index (χ1n) is 8.27. The Morgan fingerprint density at radius 3 is 2.32 bits per heavy atom. The third-order valence-electron chi connectivity index (χ3n) is 3.95. The second-order valence-electron chi connectivity index (χ2n) is 7.34. The van der Waals surface area contributed by atoms with E-state index in [9.17, 15) is 13.2 Å². The monoisotopic (exact) mass is 389 g/mol. The number of carbonyl (C=O) groups is 1. The van der Waals surface area contributed by atoms with Crippen molar-refractivity contribution in [3.8, 4) is 0 Å². The molecule has 1 aliphatic heterocycles. The number of piperidine rings is 1. The molecule has 1 aromatic carbocycles. The fourth-order valence-corrected chi connectivity index (χ4v) is 4.16. The van der Waals surface area contributed by atoms with Crippen molar-refractivity contribution in [1.29, 1.82) is 0 Å². The van der Waals surface area contributed by atoms with Gasteiger partial charge in [-0.15, -0.1) is 12.4 Å². The van der Waals surface area contributed by atoms with Gasteiger partial charge in [0.1, 0.15) is 0 Å². The van der Waals surface area contributed by atoms with Gasteiger partial charge in [0.05, 0.1) is 4.90 Å². The van der Waals surface area contributed by atoms with E-state index in [-0.39, 0.29) is 35.3 Å². The van der Waals surface area contributed by atoms with Gasteiger partial charge in [-0.25, -0.2) is 13.1 Å². The maximum atomic E-state index is 12.3. The highest BCUT2D eigenvalue weighted by Gasteiger charge is 2.24. The van der Waals surface area contributed by atoms with E-state index in [2.05, 4.69) is 22.3 Å². The highest BCUT2D eigenvalue weighted by atomic mass is 35.5. The molecule has 1 saturated heterocycles. The van der Waals surface area contributed by atoms with E-state index in [1.807, 2.05) is 0 Å². The topological polar surface area (TPSA) is 87.3 Å². The first-order valence-corrected chi connectivity index (χ1v) is 9.75. The molecule has 142 valence electrons. The van der Waals surface area contributed by atoms with Gasteiger partial charge in [0.2, 0.25) is 10.0 Å². The first-order chi connectivity index (χ1) is 11.1. The lowest BCUT2D eigenvalue weighted by Crippen LogP contribution is -2.51. The van der Waals surface area contributed by atoms with Crippen LogP contribution in [0, 0.1) is 0 Å². The molecule has 2 atom stereocenters. The summed E-state index contributed by atoms with van der Waals surface area (Å²) in [5, 5.41) is 6.35. The Balaban J connectivity index is 0.00000312. The van der Waals surface area contributed by atoms with Crippen molar-refractivity contribution < 1.29 is 13.2 Å². The Bertz CT molecular complexity index is 684. The van der Waals surface area contributed by atoms with Crippen LogP contribution in [0.4, 0.5) is 0 Å². The van der Waals surface area contributed by atoms with Crippen LogP contribution in [0.2, 0.25) is 0 Å². The van der Waals surface area contributed by atoms with E-state index in [1.54, 1.807) is 32.9 Å². The molecule has 0 saturated carbocycles. The van der Waals surface area contributed by atoms with Gasteiger partial charge in [-0.3, -0.25) is 4.79 Å². The Hall–Kier alpha value is -1.15. The molecule has 25 heavy (non-hydrogen) atoms. The average molecular weight is 390 g/mol. The van der Waals surface area contributed by atoms with Gasteiger partial charge in [-0.1, -0.05) is 0 Å². The lowest BCUT2D eigenvalue weighted by molar-refractivity contribution is 0.0919. The van der Waals surface area contributed by atoms with E-state index >= 15 is 0 Å². The molecular weight excluding hydrogens is 362 g/mol. The van der Waals surface area contributed by atoms with Crippen molar-refractivity contribution >= 4 is 28.3 Å². The molecule has 8 heteroatoms. The number of nitrogens with one attached hydrogen (secondary N) is 3. The number of hydrogen-bond donors (Lipinski definition) is 3. The number of carbonyl (C=O) groups excluding carboxylic acids is 1. The number of rotatable bonds is 4. The van der Waals surface area contributed by atoms with Crippen molar-refractivity contribution in [2.24, 2.45) is 0 Å². The predicted molar refractivity (Wildman–Crippen MR) is 102 cm³/mol. The standard InChI is InChI=1S/C17H27N3O3S.ClH/c1-12-15(6-5-11-18-12)19-16(21)13-7-9-14(10-8-13)24(22,23)20-17(2,3)4;/h7-10,12,15,18,20H,5-6,11H2,1-4H3,(H,19,21);1H. The van der Waals surface area contributed by atoms with Crippen molar-refractivity contribution in [2.75, 3.05) is 6.54 Å². The van der Waals surface area contributed by atoms with Gasteiger partial charge >= 0.3 is 0 Å². The molecule has 1 fully saturated rings. The molecule has 0 radical (unpaired) electrons. The summed E-state index contributed by atoms with van der Waals surface area (Å²) in [4.78, 5) is 12.5. The Labute approximate surface area is 156 Å². The molecule has 1 aromatic rings. The van der Waals surface area contributed by atoms with E-state index in [0.717, 1.165) is 19.4 Å². The first kappa shape index (κ1) is 21.9. The fourth-order valence-electron chi connectivity index (χ4n) is 2.74. The van der Waals surface area contributed by atoms with Gasteiger partial charge in [-0.2, -0.15) is 0 Å². The third kappa shape index (κ3) is 6.26. The van der Waals surface area contributed by atoms with E-state index in [0.29, 0.717) is 5.56 Å². The summed E-state index contributed by atoms with van der Waals surface area (Å²) in [5.74, 6) is -0.178. The van der Waals surface area contributed by atoms with Crippen LogP contribution in [0.3, 0.4) is 0 Å². The van der Waals surface area contributed by atoms with Crippen LogP contribution in [0.1, 0.15) is 50.9 Å². The molecule has 2 rings (SSSR count). The quantitative estimate of drug-likeness (QED) is 0.735. The molecule has 3 N–H and O–H groups in total. The van der Waals surface area contributed by atoms with Crippen molar-refractivity contribution in [3.63, 3.8) is 0 Å². The second kappa shape index (κ2) is 8.49. The molecule has 1 heterocycles. The summed E-state index contributed by atoms with van der Waals surface area (Å²) in [6.45, 7) is 8.38.